The van der Waals surface area contributed by atoms with E-state index in [4.69, 9.17) is 5.73 Å². The van der Waals surface area contributed by atoms with Gasteiger partial charge in [-0.25, -0.2) is 0 Å². The first kappa shape index (κ1) is 13.7. The van der Waals surface area contributed by atoms with Gasteiger partial charge in [-0.1, -0.05) is 44.2 Å². The van der Waals surface area contributed by atoms with Crippen molar-refractivity contribution in [1.29, 1.82) is 0 Å². The van der Waals surface area contributed by atoms with Gasteiger partial charge in [-0.2, -0.15) is 0 Å². The van der Waals surface area contributed by atoms with Crippen molar-refractivity contribution in [1.82, 2.24) is 5.32 Å². The van der Waals surface area contributed by atoms with Gasteiger partial charge < -0.3 is 11.1 Å². The van der Waals surface area contributed by atoms with Crippen LogP contribution in [0.25, 0.3) is 0 Å². The zero-order valence-electron chi connectivity index (χ0n) is 10.7. The number of amides is 1. The lowest BCUT2D eigenvalue weighted by Crippen LogP contribution is -2.30. The maximum atomic E-state index is 10.7. The van der Waals surface area contributed by atoms with Crippen LogP contribution >= 0.6 is 0 Å². The lowest BCUT2D eigenvalue weighted by Gasteiger charge is -2.24. The highest BCUT2D eigenvalue weighted by Crippen LogP contribution is 2.20. The summed E-state index contributed by atoms with van der Waals surface area (Å²) >= 11 is 0. The molecule has 1 amide bonds. The zero-order valence-corrected chi connectivity index (χ0v) is 10.7. The number of primary amides is 1. The van der Waals surface area contributed by atoms with E-state index in [1.807, 2.05) is 18.2 Å². The number of carbonyl (C=O) groups excluding carboxylic acids is 1. The Morgan fingerprint density at radius 2 is 1.94 bits per heavy atom. The molecular formula is C14H22N2O. The summed E-state index contributed by atoms with van der Waals surface area (Å²) < 4.78 is 0. The first-order valence-electron chi connectivity index (χ1n) is 6.02. The van der Waals surface area contributed by atoms with Crippen LogP contribution in [0.3, 0.4) is 0 Å². The molecule has 0 aromatic heterocycles. The molecule has 3 nitrogen and oxygen atoms in total. The molecule has 94 valence electrons. The maximum absolute atomic E-state index is 10.7. The Morgan fingerprint density at radius 3 is 2.53 bits per heavy atom. The Hall–Kier alpha value is -1.35. The smallest absolute Gasteiger partial charge is 0.217 e. The number of nitrogens with one attached hydrogen (secondary N) is 1. The number of rotatable bonds is 7. The van der Waals surface area contributed by atoms with E-state index in [0.717, 1.165) is 19.5 Å². The zero-order chi connectivity index (χ0) is 12.7. The molecule has 0 aliphatic carbocycles. The Morgan fingerprint density at radius 1 is 1.29 bits per heavy atom. The van der Waals surface area contributed by atoms with Gasteiger partial charge in [0.2, 0.25) is 5.91 Å². The molecule has 0 aliphatic heterocycles. The highest BCUT2D eigenvalue weighted by Gasteiger charge is 2.17. The second kappa shape index (κ2) is 6.40. The standard InChI is InChI=1S/C14H22N2O/c1-14(2,9-8-13(15)17)11-16-10-12-6-4-3-5-7-12/h3-7,16H,8-11H2,1-2H3,(H2,15,17). The molecule has 0 fully saturated rings. The second-order valence-electron chi connectivity index (χ2n) is 5.22. The Balaban J connectivity index is 2.27. The van der Waals surface area contributed by atoms with Crippen molar-refractivity contribution in [3.8, 4) is 0 Å². The Kier molecular flexibility index (Phi) is 5.16. The van der Waals surface area contributed by atoms with Gasteiger partial charge in [0.1, 0.15) is 0 Å². The molecule has 0 aliphatic rings. The fraction of sp³-hybridized carbons (Fsp3) is 0.500. The van der Waals surface area contributed by atoms with E-state index in [-0.39, 0.29) is 11.3 Å². The molecule has 0 saturated carbocycles. The average Bonchev–Trinajstić information content (AvgIpc) is 2.28. The van der Waals surface area contributed by atoms with Crippen molar-refractivity contribution < 1.29 is 4.79 Å². The lowest BCUT2D eigenvalue weighted by atomic mass is 9.87. The average molecular weight is 234 g/mol. The van der Waals surface area contributed by atoms with Gasteiger partial charge in [0.15, 0.2) is 0 Å². The van der Waals surface area contributed by atoms with E-state index in [9.17, 15) is 4.79 Å². The van der Waals surface area contributed by atoms with Crippen LogP contribution in [-0.4, -0.2) is 12.5 Å². The summed E-state index contributed by atoms with van der Waals surface area (Å²) in [5.74, 6) is -0.221. The quantitative estimate of drug-likeness (QED) is 0.759. The SMILES string of the molecule is CC(C)(CCC(N)=O)CNCc1ccccc1. The van der Waals surface area contributed by atoms with Crippen molar-refractivity contribution in [3.05, 3.63) is 35.9 Å². The number of carbonyl (C=O) groups is 1. The fourth-order valence-corrected chi connectivity index (χ4v) is 1.69. The fourth-order valence-electron chi connectivity index (χ4n) is 1.69. The first-order valence-corrected chi connectivity index (χ1v) is 6.02. The van der Waals surface area contributed by atoms with Gasteiger partial charge in [0.05, 0.1) is 0 Å². The predicted molar refractivity (Wildman–Crippen MR) is 70.4 cm³/mol. The van der Waals surface area contributed by atoms with E-state index < -0.39 is 0 Å². The maximum Gasteiger partial charge on any atom is 0.217 e. The summed E-state index contributed by atoms with van der Waals surface area (Å²) in [6, 6.07) is 10.3. The molecule has 0 spiro atoms. The van der Waals surface area contributed by atoms with Crippen molar-refractivity contribution in [2.24, 2.45) is 11.1 Å². The summed E-state index contributed by atoms with van der Waals surface area (Å²) in [6.07, 6.45) is 1.28. The molecule has 1 aromatic carbocycles. The van der Waals surface area contributed by atoms with Gasteiger partial charge >= 0.3 is 0 Å². The van der Waals surface area contributed by atoms with Crippen LogP contribution in [0.2, 0.25) is 0 Å². The normalized spacial score (nSPS) is 11.4. The van der Waals surface area contributed by atoms with Gasteiger partial charge in [-0.05, 0) is 17.4 Å². The summed E-state index contributed by atoms with van der Waals surface area (Å²) in [6.45, 7) is 6.04. The van der Waals surface area contributed by atoms with E-state index >= 15 is 0 Å². The number of hydrogen-bond donors (Lipinski definition) is 2. The van der Waals surface area contributed by atoms with Crippen molar-refractivity contribution in [2.45, 2.75) is 33.2 Å². The highest BCUT2D eigenvalue weighted by atomic mass is 16.1. The summed E-state index contributed by atoms with van der Waals surface area (Å²) in [5.41, 5.74) is 6.54. The van der Waals surface area contributed by atoms with Crippen LogP contribution in [0.15, 0.2) is 30.3 Å². The number of hydrogen-bond acceptors (Lipinski definition) is 2. The van der Waals surface area contributed by atoms with Gasteiger partial charge in [-0.3, -0.25) is 4.79 Å². The minimum Gasteiger partial charge on any atom is -0.370 e. The molecule has 0 radical (unpaired) electrons. The van der Waals surface area contributed by atoms with Gasteiger partial charge in [0, 0.05) is 19.5 Å². The van der Waals surface area contributed by atoms with Gasteiger partial charge in [0.25, 0.3) is 0 Å². The van der Waals surface area contributed by atoms with E-state index in [1.54, 1.807) is 0 Å². The van der Waals surface area contributed by atoms with Crippen molar-refractivity contribution >= 4 is 5.91 Å². The van der Waals surface area contributed by atoms with Crippen LogP contribution in [0.1, 0.15) is 32.3 Å². The van der Waals surface area contributed by atoms with Crippen LogP contribution in [0.4, 0.5) is 0 Å². The molecule has 3 heteroatoms. The van der Waals surface area contributed by atoms with Crippen LogP contribution in [-0.2, 0) is 11.3 Å². The van der Waals surface area contributed by atoms with E-state index in [0.29, 0.717) is 6.42 Å². The number of nitrogens with two attached hydrogens (primary N) is 1. The van der Waals surface area contributed by atoms with E-state index in [1.165, 1.54) is 5.56 Å². The van der Waals surface area contributed by atoms with Crippen molar-refractivity contribution in [3.63, 3.8) is 0 Å². The van der Waals surface area contributed by atoms with Crippen LogP contribution in [0, 0.1) is 5.41 Å². The molecule has 0 atom stereocenters. The lowest BCUT2D eigenvalue weighted by molar-refractivity contribution is -0.118. The molecule has 3 N–H and O–H groups in total. The molecule has 0 unspecified atom stereocenters. The number of benzene rings is 1. The Bertz CT molecular complexity index is 346. The molecule has 1 rings (SSSR count). The minimum atomic E-state index is -0.221. The minimum absolute atomic E-state index is 0.101. The topological polar surface area (TPSA) is 55.1 Å². The van der Waals surface area contributed by atoms with Crippen LogP contribution in [0.5, 0.6) is 0 Å². The second-order valence-corrected chi connectivity index (χ2v) is 5.22. The monoisotopic (exact) mass is 234 g/mol. The van der Waals surface area contributed by atoms with E-state index in [2.05, 4.69) is 31.3 Å². The molecule has 0 bridgehead atoms. The molecule has 0 saturated heterocycles. The third-order valence-electron chi connectivity index (χ3n) is 2.82. The summed E-state index contributed by atoms with van der Waals surface area (Å²) in [4.78, 5) is 10.7. The highest BCUT2D eigenvalue weighted by molar-refractivity contribution is 5.73. The molecule has 1 aromatic rings. The molecular weight excluding hydrogens is 212 g/mol. The third kappa shape index (κ3) is 6.07. The van der Waals surface area contributed by atoms with Gasteiger partial charge in [-0.15, -0.1) is 0 Å². The molecule has 0 heterocycles. The van der Waals surface area contributed by atoms with Crippen LogP contribution < -0.4 is 11.1 Å². The predicted octanol–water partition coefficient (Wildman–Crippen LogP) is 2.07. The summed E-state index contributed by atoms with van der Waals surface area (Å²) in [7, 11) is 0. The van der Waals surface area contributed by atoms with Crippen molar-refractivity contribution in [2.75, 3.05) is 6.54 Å². The largest absolute Gasteiger partial charge is 0.370 e. The molecule has 17 heavy (non-hydrogen) atoms. The Labute approximate surface area is 103 Å². The first-order chi connectivity index (χ1) is 7.99. The third-order valence-corrected chi connectivity index (χ3v) is 2.82. The summed E-state index contributed by atoms with van der Waals surface area (Å²) in [5, 5.41) is 3.41.